The highest BCUT2D eigenvalue weighted by Gasteiger charge is 2.25. The van der Waals surface area contributed by atoms with Gasteiger partial charge in [-0.1, -0.05) is 72.8 Å². The van der Waals surface area contributed by atoms with Crippen molar-refractivity contribution in [2.45, 2.75) is 6.04 Å². The van der Waals surface area contributed by atoms with E-state index in [0.29, 0.717) is 16.5 Å². The number of carbonyl (C=O) groups is 1. The molecule has 0 aliphatic carbocycles. The van der Waals surface area contributed by atoms with Gasteiger partial charge in [0.1, 0.15) is 12.4 Å². The molecule has 3 aromatic carbocycles. The van der Waals surface area contributed by atoms with E-state index < -0.39 is 6.04 Å². The zero-order valence-electron chi connectivity index (χ0n) is 13.9. The molecule has 126 valence electrons. The fraction of sp³-hybridized carbons (Fsp3) is 0.0455. The first-order valence-corrected chi connectivity index (χ1v) is 8.36. The lowest BCUT2D eigenvalue weighted by Crippen LogP contribution is -2.24. The van der Waals surface area contributed by atoms with Crippen LogP contribution >= 0.6 is 0 Å². The van der Waals surface area contributed by atoms with Crippen molar-refractivity contribution < 1.29 is 4.79 Å². The van der Waals surface area contributed by atoms with E-state index in [2.05, 4.69) is 4.98 Å². The fourth-order valence-electron chi connectivity index (χ4n) is 3.17. The van der Waals surface area contributed by atoms with Gasteiger partial charge in [0.2, 0.25) is 0 Å². The Bertz CT molecular complexity index is 1120. The van der Waals surface area contributed by atoms with Crippen molar-refractivity contribution in [1.82, 2.24) is 9.55 Å². The fourth-order valence-corrected chi connectivity index (χ4v) is 3.17. The van der Waals surface area contributed by atoms with Crippen LogP contribution in [0.3, 0.4) is 0 Å². The number of ketones is 1. The average molecular weight is 340 g/mol. The first kappa shape index (κ1) is 16.0. The number of benzene rings is 3. The molecule has 0 saturated heterocycles. The highest BCUT2D eigenvalue weighted by molar-refractivity contribution is 6.01. The lowest BCUT2D eigenvalue weighted by atomic mass is 9.96. The van der Waals surface area contributed by atoms with Gasteiger partial charge in [0, 0.05) is 5.56 Å². The maximum atomic E-state index is 13.3. The number of hydrogen-bond donors (Lipinski definition) is 0. The molecule has 0 amide bonds. The molecule has 1 heterocycles. The minimum Gasteiger partial charge on any atom is -0.316 e. The van der Waals surface area contributed by atoms with Crippen molar-refractivity contribution >= 4 is 16.7 Å². The van der Waals surface area contributed by atoms with Crippen LogP contribution in [0.1, 0.15) is 22.0 Å². The zero-order chi connectivity index (χ0) is 17.9. The van der Waals surface area contributed by atoms with Crippen LogP contribution in [0.25, 0.3) is 10.9 Å². The standard InChI is InChI=1S/C22H16N2O2/c25-21(17-11-5-2-6-12-17)20(16-9-3-1-4-10-16)24-15-23-22(26)18-13-7-8-14-19(18)24/h1-15,20H/t20-/m0/s1. The largest absolute Gasteiger partial charge is 0.316 e. The van der Waals surface area contributed by atoms with Gasteiger partial charge in [-0.2, -0.15) is 4.98 Å². The van der Waals surface area contributed by atoms with Crippen LogP contribution in [0.15, 0.2) is 96.1 Å². The highest BCUT2D eigenvalue weighted by Crippen LogP contribution is 2.26. The molecule has 4 nitrogen and oxygen atoms in total. The van der Waals surface area contributed by atoms with E-state index in [-0.39, 0.29) is 11.3 Å². The summed E-state index contributed by atoms with van der Waals surface area (Å²) in [5.74, 6) is -0.0487. The average Bonchev–Trinajstić information content (AvgIpc) is 2.71. The molecule has 0 spiro atoms. The van der Waals surface area contributed by atoms with E-state index in [1.807, 2.05) is 60.7 Å². The number of fused-ring (bicyclic) bond motifs is 1. The molecule has 26 heavy (non-hydrogen) atoms. The minimum atomic E-state index is -0.600. The zero-order valence-corrected chi connectivity index (χ0v) is 13.9. The van der Waals surface area contributed by atoms with Gasteiger partial charge in [-0.15, -0.1) is 0 Å². The summed E-state index contributed by atoms with van der Waals surface area (Å²) >= 11 is 0. The summed E-state index contributed by atoms with van der Waals surface area (Å²) in [4.78, 5) is 29.5. The van der Waals surface area contributed by atoms with Gasteiger partial charge < -0.3 is 4.57 Å². The van der Waals surface area contributed by atoms with Gasteiger partial charge in [-0.3, -0.25) is 9.59 Å². The molecule has 0 bridgehead atoms. The number of carbonyl (C=O) groups excluding carboxylic acids is 1. The first-order valence-electron chi connectivity index (χ1n) is 8.36. The molecule has 0 unspecified atom stereocenters. The predicted octanol–water partition coefficient (Wildman–Crippen LogP) is 3.87. The summed E-state index contributed by atoms with van der Waals surface area (Å²) in [7, 11) is 0. The Morgan fingerprint density at radius 3 is 2.15 bits per heavy atom. The second-order valence-corrected chi connectivity index (χ2v) is 6.02. The normalized spacial score (nSPS) is 12.0. The third-order valence-electron chi connectivity index (χ3n) is 4.41. The van der Waals surface area contributed by atoms with Crippen LogP contribution < -0.4 is 5.56 Å². The molecule has 1 atom stereocenters. The van der Waals surface area contributed by atoms with E-state index in [9.17, 15) is 9.59 Å². The number of hydrogen-bond acceptors (Lipinski definition) is 3. The van der Waals surface area contributed by atoms with Crippen LogP contribution in [-0.4, -0.2) is 15.3 Å². The molecule has 0 aliphatic heterocycles. The SMILES string of the molecule is O=C(c1ccccc1)[C@H](c1ccccc1)n1cnc(=O)c2ccccc21. The third-order valence-corrected chi connectivity index (χ3v) is 4.41. The quantitative estimate of drug-likeness (QED) is 0.530. The Labute approximate surface area is 150 Å². The van der Waals surface area contributed by atoms with Crippen molar-refractivity contribution in [2.75, 3.05) is 0 Å². The van der Waals surface area contributed by atoms with Crippen molar-refractivity contribution in [3.63, 3.8) is 0 Å². The topological polar surface area (TPSA) is 52.0 Å². The number of Topliss-reactive ketones (excluding diaryl/α,β-unsaturated/α-hetero) is 1. The van der Waals surface area contributed by atoms with Gasteiger partial charge >= 0.3 is 0 Å². The minimum absolute atomic E-state index is 0.0487. The Morgan fingerprint density at radius 2 is 1.42 bits per heavy atom. The van der Waals surface area contributed by atoms with E-state index >= 15 is 0 Å². The van der Waals surface area contributed by atoms with E-state index in [4.69, 9.17) is 0 Å². The number of aromatic nitrogens is 2. The maximum Gasteiger partial charge on any atom is 0.280 e. The molecule has 4 aromatic rings. The summed E-state index contributed by atoms with van der Waals surface area (Å²) < 4.78 is 1.78. The predicted molar refractivity (Wildman–Crippen MR) is 101 cm³/mol. The van der Waals surface area contributed by atoms with Crippen LogP contribution in [0.4, 0.5) is 0 Å². The second-order valence-electron chi connectivity index (χ2n) is 6.02. The molecular weight excluding hydrogens is 324 g/mol. The summed E-state index contributed by atoms with van der Waals surface area (Å²) in [5.41, 5.74) is 1.85. The molecule has 0 saturated carbocycles. The summed E-state index contributed by atoms with van der Waals surface area (Å²) in [6, 6.07) is 25.3. The molecular formula is C22H16N2O2. The smallest absolute Gasteiger partial charge is 0.280 e. The van der Waals surface area contributed by atoms with Crippen molar-refractivity contribution in [2.24, 2.45) is 0 Å². The van der Waals surface area contributed by atoms with Gasteiger partial charge in [0.15, 0.2) is 5.78 Å². The maximum absolute atomic E-state index is 13.3. The van der Waals surface area contributed by atoms with Crippen LogP contribution in [0.2, 0.25) is 0 Å². The number of rotatable bonds is 4. The monoisotopic (exact) mass is 340 g/mol. The Kier molecular flexibility index (Phi) is 4.15. The Morgan fingerprint density at radius 1 is 0.808 bits per heavy atom. The molecule has 4 heteroatoms. The Balaban J connectivity index is 1.97. The van der Waals surface area contributed by atoms with Crippen LogP contribution in [0, 0.1) is 0 Å². The molecule has 1 aromatic heterocycles. The van der Waals surface area contributed by atoms with Gasteiger partial charge in [0.25, 0.3) is 5.56 Å². The van der Waals surface area contributed by atoms with Gasteiger partial charge in [-0.05, 0) is 17.7 Å². The molecule has 0 radical (unpaired) electrons. The van der Waals surface area contributed by atoms with Crippen molar-refractivity contribution in [1.29, 1.82) is 0 Å². The molecule has 0 fully saturated rings. The third kappa shape index (κ3) is 2.82. The second kappa shape index (κ2) is 6.76. The van der Waals surface area contributed by atoms with Crippen LogP contribution in [-0.2, 0) is 0 Å². The number of nitrogens with zero attached hydrogens (tertiary/aromatic N) is 2. The summed E-state index contributed by atoms with van der Waals surface area (Å²) in [5, 5.41) is 0.497. The number of para-hydroxylation sites is 1. The van der Waals surface area contributed by atoms with Crippen molar-refractivity contribution in [3.05, 3.63) is 113 Å². The summed E-state index contributed by atoms with van der Waals surface area (Å²) in [6.07, 6.45) is 1.46. The first-order chi connectivity index (χ1) is 12.8. The van der Waals surface area contributed by atoms with Crippen molar-refractivity contribution in [3.8, 4) is 0 Å². The van der Waals surface area contributed by atoms with E-state index in [0.717, 1.165) is 5.56 Å². The highest BCUT2D eigenvalue weighted by atomic mass is 16.1. The molecule has 4 rings (SSSR count). The molecule has 0 N–H and O–H groups in total. The lowest BCUT2D eigenvalue weighted by Gasteiger charge is -2.21. The van der Waals surface area contributed by atoms with E-state index in [1.165, 1.54) is 6.33 Å². The lowest BCUT2D eigenvalue weighted by molar-refractivity contribution is 0.0947. The van der Waals surface area contributed by atoms with Gasteiger partial charge in [0.05, 0.1) is 10.9 Å². The van der Waals surface area contributed by atoms with Gasteiger partial charge in [-0.25, -0.2) is 0 Å². The summed E-state index contributed by atoms with van der Waals surface area (Å²) in [6.45, 7) is 0. The Hall–Kier alpha value is -3.53. The molecule has 0 aliphatic rings. The van der Waals surface area contributed by atoms with Crippen LogP contribution in [0.5, 0.6) is 0 Å². The van der Waals surface area contributed by atoms with E-state index in [1.54, 1.807) is 28.8 Å².